The largest absolute Gasteiger partial charge is 0.467 e. The molecule has 1 atom stereocenters. The average Bonchev–Trinajstić information content (AvgIpc) is 3.47. The van der Waals surface area contributed by atoms with E-state index in [1.165, 1.54) is 17.9 Å². The highest BCUT2D eigenvalue weighted by Crippen LogP contribution is 2.33. The number of aryl methyl sites for hydroxylation is 1. The second-order valence-electron chi connectivity index (χ2n) is 7.90. The first kappa shape index (κ1) is 19.4. The van der Waals surface area contributed by atoms with E-state index in [9.17, 15) is 9.59 Å². The van der Waals surface area contributed by atoms with Crippen LogP contribution in [0, 0.1) is 12.8 Å². The van der Waals surface area contributed by atoms with Gasteiger partial charge in [-0.1, -0.05) is 42.7 Å². The molecule has 0 saturated heterocycles. The predicted octanol–water partition coefficient (Wildman–Crippen LogP) is 4.39. The van der Waals surface area contributed by atoms with Crippen molar-refractivity contribution in [2.75, 3.05) is 6.61 Å². The van der Waals surface area contributed by atoms with Crippen molar-refractivity contribution in [3.8, 4) is 0 Å². The predicted molar refractivity (Wildman–Crippen MR) is 108 cm³/mol. The number of esters is 1. The minimum absolute atomic E-state index is 0.298. The van der Waals surface area contributed by atoms with Crippen LogP contribution in [0.4, 0.5) is 0 Å². The molecule has 1 aromatic heterocycles. The fraction of sp³-hybridized carbons (Fsp3) is 0.435. The molecule has 6 nitrogen and oxygen atoms in total. The fourth-order valence-electron chi connectivity index (χ4n) is 4.08. The molecular formula is C23H26N2O4. The minimum atomic E-state index is -0.340. The van der Waals surface area contributed by atoms with Gasteiger partial charge in [0.05, 0.1) is 12.0 Å². The molecule has 0 radical (unpaired) electrons. The van der Waals surface area contributed by atoms with E-state index in [2.05, 4.69) is 5.10 Å². The van der Waals surface area contributed by atoms with E-state index < -0.39 is 0 Å². The third-order valence-electron chi connectivity index (χ3n) is 5.71. The van der Waals surface area contributed by atoms with Crippen molar-refractivity contribution in [3.63, 3.8) is 0 Å². The molecule has 0 N–H and O–H groups in total. The number of furan rings is 1. The van der Waals surface area contributed by atoms with Gasteiger partial charge in [-0.05, 0) is 43.4 Å². The van der Waals surface area contributed by atoms with Crippen molar-refractivity contribution in [2.45, 2.75) is 51.5 Å². The summed E-state index contributed by atoms with van der Waals surface area (Å²) in [5, 5.41) is 5.96. The maximum atomic E-state index is 12.8. The molecule has 0 spiro atoms. The molecule has 6 heteroatoms. The zero-order valence-corrected chi connectivity index (χ0v) is 16.7. The molecule has 2 aromatic rings. The third kappa shape index (κ3) is 4.58. The molecule has 1 amide bonds. The number of carbonyl (C=O) groups excluding carboxylic acids is 2. The van der Waals surface area contributed by atoms with Crippen LogP contribution in [0.2, 0.25) is 0 Å². The van der Waals surface area contributed by atoms with Gasteiger partial charge in [-0.3, -0.25) is 9.59 Å². The summed E-state index contributed by atoms with van der Waals surface area (Å²) in [5.41, 5.74) is 2.95. The Morgan fingerprint density at radius 2 is 1.93 bits per heavy atom. The Kier molecular flexibility index (Phi) is 5.79. The molecule has 1 aliphatic carbocycles. The van der Waals surface area contributed by atoms with Gasteiger partial charge in [-0.25, -0.2) is 5.01 Å². The van der Waals surface area contributed by atoms with Gasteiger partial charge in [0, 0.05) is 12.8 Å². The summed E-state index contributed by atoms with van der Waals surface area (Å²) in [4.78, 5) is 24.9. The lowest BCUT2D eigenvalue weighted by molar-refractivity contribution is -0.153. The van der Waals surface area contributed by atoms with Gasteiger partial charge in [-0.2, -0.15) is 5.10 Å². The highest BCUT2D eigenvalue weighted by atomic mass is 16.5. The standard InChI is InChI=1S/C23H26N2O4/c1-16-8-10-18(11-9-16)19-14-20(21-7-4-12-28-21)25(24-19)22(26)15-29-23(27)13-17-5-2-3-6-17/h4,7-12,17,20H,2-3,5-6,13-15H2,1H3/t20-/m0/s1. The zero-order chi connectivity index (χ0) is 20.2. The van der Waals surface area contributed by atoms with Crippen molar-refractivity contribution >= 4 is 17.6 Å². The van der Waals surface area contributed by atoms with Gasteiger partial charge in [0.2, 0.25) is 0 Å². The Morgan fingerprint density at radius 1 is 1.17 bits per heavy atom. The molecule has 2 heterocycles. The quantitative estimate of drug-likeness (QED) is 0.681. The van der Waals surface area contributed by atoms with Crippen LogP contribution in [-0.2, 0) is 14.3 Å². The molecule has 1 fully saturated rings. The summed E-state index contributed by atoms with van der Waals surface area (Å²) in [5.74, 6) is 0.419. The Balaban J connectivity index is 1.44. The molecule has 4 rings (SSSR count). The Bertz CT molecular complexity index is 880. The van der Waals surface area contributed by atoms with Crippen LogP contribution in [0.3, 0.4) is 0 Å². The van der Waals surface area contributed by atoms with Crippen LogP contribution in [0.5, 0.6) is 0 Å². The van der Waals surface area contributed by atoms with E-state index in [-0.39, 0.29) is 24.5 Å². The molecule has 152 valence electrons. The first-order valence-corrected chi connectivity index (χ1v) is 10.3. The molecule has 0 bridgehead atoms. The van der Waals surface area contributed by atoms with Crippen molar-refractivity contribution in [3.05, 3.63) is 59.5 Å². The molecular weight excluding hydrogens is 368 g/mol. The normalized spacial score (nSPS) is 19.4. The number of nitrogens with zero attached hydrogens (tertiary/aromatic N) is 2. The minimum Gasteiger partial charge on any atom is -0.467 e. The number of hydrazone groups is 1. The van der Waals surface area contributed by atoms with Crippen LogP contribution < -0.4 is 0 Å². The highest BCUT2D eigenvalue weighted by molar-refractivity contribution is 6.03. The summed E-state index contributed by atoms with van der Waals surface area (Å²) < 4.78 is 10.8. The van der Waals surface area contributed by atoms with E-state index >= 15 is 0 Å². The second kappa shape index (κ2) is 8.64. The average molecular weight is 394 g/mol. The van der Waals surface area contributed by atoms with E-state index in [0.29, 0.717) is 24.5 Å². The molecule has 0 unspecified atom stereocenters. The van der Waals surface area contributed by atoms with E-state index in [1.54, 1.807) is 12.3 Å². The van der Waals surface area contributed by atoms with Gasteiger partial charge in [0.15, 0.2) is 6.61 Å². The number of hydrogen-bond acceptors (Lipinski definition) is 5. The number of amides is 1. The van der Waals surface area contributed by atoms with Gasteiger partial charge in [-0.15, -0.1) is 0 Å². The van der Waals surface area contributed by atoms with Crippen molar-refractivity contribution in [1.29, 1.82) is 0 Å². The SMILES string of the molecule is Cc1ccc(C2=NN(C(=O)COC(=O)CC3CCCC3)[C@H](c3ccco3)C2)cc1. The zero-order valence-electron chi connectivity index (χ0n) is 16.7. The molecule has 29 heavy (non-hydrogen) atoms. The van der Waals surface area contributed by atoms with Crippen molar-refractivity contribution in [1.82, 2.24) is 5.01 Å². The second-order valence-corrected chi connectivity index (χ2v) is 7.90. The van der Waals surface area contributed by atoms with Gasteiger partial charge >= 0.3 is 5.97 Å². The number of benzene rings is 1. The lowest BCUT2D eigenvalue weighted by atomic mass is 10.0. The third-order valence-corrected chi connectivity index (χ3v) is 5.71. The number of carbonyl (C=O) groups is 2. The summed E-state index contributed by atoms with van der Waals surface area (Å²) in [6.45, 7) is 1.73. The van der Waals surface area contributed by atoms with Crippen LogP contribution in [-0.4, -0.2) is 29.2 Å². The molecule has 1 aliphatic heterocycles. The smallest absolute Gasteiger partial charge is 0.306 e. The summed E-state index contributed by atoms with van der Waals surface area (Å²) >= 11 is 0. The Morgan fingerprint density at radius 3 is 2.62 bits per heavy atom. The van der Waals surface area contributed by atoms with Crippen LogP contribution >= 0.6 is 0 Å². The van der Waals surface area contributed by atoms with Crippen LogP contribution in [0.25, 0.3) is 0 Å². The summed E-state index contributed by atoms with van der Waals surface area (Å²) in [6, 6.07) is 11.4. The number of hydrogen-bond donors (Lipinski definition) is 0. The summed E-state index contributed by atoms with van der Waals surface area (Å²) in [6.07, 6.45) is 7.02. The first-order chi connectivity index (χ1) is 14.1. The maximum Gasteiger partial charge on any atom is 0.306 e. The molecule has 1 aromatic carbocycles. The van der Waals surface area contributed by atoms with Crippen LogP contribution in [0.15, 0.2) is 52.2 Å². The number of ether oxygens (including phenoxy) is 1. The Labute approximate surface area is 170 Å². The van der Waals surface area contributed by atoms with Crippen molar-refractivity contribution < 1.29 is 18.7 Å². The van der Waals surface area contributed by atoms with E-state index in [4.69, 9.17) is 9.15 Å². The molecule has 1 saturated carbocycles. The topological polar surface area (TPSA) is 72.1 Å². The van der Waals surface area contributed by atoms with Crippen LogP contribution in [0.1, 0.15) is 61.5 Å². The van der Waals surface area contributed by atoms with Crippen molar-refractivity contribution in [2.24, 2.45) is 11.0 Å². The van der Waals surface area contributed by atoms with Gasteiger partial charge in [0.25, 0.3) is 5.91 Å². The fourth-order valence-corrected chi connectivity index (χ4v) is 4.08. The van der Waals surface area contributed by atoms with Gasteiger partial charge in [0.1, 0.15) is 11.8 Å². The van der Waals surface area contributed by atoms with E-state index in [1.807, 2.05) is 37.3 Å². The van der Waals surface area contributed by atoms with Gasteiger partial charge < -0.3 is 9.15 Å². The lowest BCUT2D eigenvalue weighted by Crippen LogP contribution is -2.31. The van der Waals surface area contributed by atoms with E-state index in [0.717, 1.165) is 29.7 Å². The highest BCUT2D eigenvalue weighted by Gasteiger charge is 2.35. The number of rotatable bonds is 6. The first-order valence-electron chi connectivity index (χ1n) is 10.3. The molecule has 2 aliphatic rings. The summed E-state index contributed by atoms with van der Waals surface area (Å²) in [7, 11) is 0. The monoisotopic (exact) mass is 394 g/mol. The lowest BCUT2D eigenvalue weighted by Gasteiger charge is -2.19. The maximum absolute atomic E-state index is 12.8. The Hall–Kier alpha value is -2.89.